The quantitative estimate of drug-likeness (QED) is 0.460. The largest absolute Gasteiger partial charge is 0.471 e. The molecule has 0 unspecified atom stereocenters. The van der Waals surface area contributed by atoms with Crippen LogP contribution in [0.5, 0.6) is 0 Å². The summed E-state index contributed by atoms with van der Waals surface area (Å²) in [6.45, 7) is 1.70. The molecule has 0 aliphatic carbocycles. The van der Waals surface area contributed by atoms with E-state index in [-0.39, 0.29) is 5.69 Å². The number of hydrogen-bond donors (Lipinski definition) is 0. The van der Waals surface area contributed by atoms with Crippen LogP contribution in [0.15, 0.2) is 59.0 Å². The predicted octanol–water partition coefficient (Wildman–Crippen LogP) is 5.48. The minimum Gasteiger partial charge on any atom is -0.436 e. The first kappa shape index (κ1) is 18.0. The van der Waals surface area contributed by atoms with Gasteiger partial charge in [-0.1, -0.05) is 36.4 Å². The highest BCUT2D eigenvalue weighted by molar-refractivity contribution is 5.99. The molecule has 0 atom stereocenters. The van der Waals surface area contributed by atoms with Crippen LogP contribution < -0.4 is 4.90 Å². The molecule has 142 valence electrons. The lowest BCUT2D eigenvalue weighted by atomic mass is 10.0. The molecule has 3 aromatic carbocycles. The molecule has 0 bridgehead atoms. The van der Waals surface area contributed by atoms with Crippen LogP contribution in [0.4, 0.5) is 18.9 Å². The zero-order valence-electron chi connectivity index (χ0n) is 15.0. The molecule has 28 heavy (non-hydrogen) atoms. The lowest BCUT2D eigenvalue weighted by molar-refractivity contribution is -0.170. The molecule has 1 amide bonds. The standard InChI is InChI=1S/C21H15F3N2O2/c1-12-10-14(26(2)20(27)21(22,23)24)11-17-18(12)28-19(25-17)16-9-5-7-13-6-3-4-8-15(13)16/h3-11H,1-2H3. The fourth-order valence-corrected chi connectivity index (χ4v) is 3.21. The molecular weight excluding hydrogens is 369 g/mol. The van der Waals surface area contributed by atoms with Crippen molar-refractivity contribution in [1.29, 1.82) is 0 Å². The van der Waals surface area contributed by atoms with Crippen molar-refractivity contribution in [3.05, 3.63) is 60.2 Å². The number of carbonyl (C=O) groups excluding carboxylic acids is 1. The minimum absolute atomic E-state index is 0.102. The first-order valence-electron chi connectivity index (χ1n) is 8.50. The highest BCUT2D eigenvalue weighted by Gasteiger charge is 2.41. The van der Waals surface area contributed by atoms with E-state index in [1.807, 2.05) is 42.5 Å². The van der Waals surface area contributed by atoms with E-state index in [1.165, 1.54) is 12.1 Å². The van der Waals surface area contributed by atoms with Gasteiger partial charge in [-0.2, -0.15) is 13.2 Å². The Balaban J connectivity index is 1.84. The van der Waals surface area contributed by atoms with Gasteiger partial charge in [0.15, 0.2) is 5.58 Å². The number of amides is 1. The van der Waals surface area contributed by atoms with Crippen LogP contribution in [-0.4, -0.2) is 24.1 Å². The second-order valence-electron chi connectivity index (χ2n) is 6.52. The van der Waals surface area contributed by atoms with E-state index in [0.29, 0.717) is 27.5 Å². The van der Waals surface area contributed by atoms with E-state index in [9.17, 15) is 18.0 Å². The molecule has 0 radical (unpaired) electrons. The Kier molecular flexibility index (Phi) is 4.10. The summed E-state index contributed by atoms with van der Waals surface area (Å²) in [7, 11) is 1.09. The van der Waals surface area contributed by atoms with Crippen molar-refractivity contribution in [3.8, 4) is 11.5 Å². The Morgan fingerprint density at radius 3 is 2.54 bits per heavy atom. The van der Waals surface area contributed by atoms with Gasteiger partial charge in [-0.05, 0) is 41.5 Å². The number of anilines is 1. The number of nitrogens with zero attached hydrogens (tertiary/aromatic N) is 2. The Morgan fingerprint density at radius 2 is 1.79 bits per heavy atom. The van der Waals surface area contributed by atoms with Crippen molar-refractivity contribution in [2.45, 2.75) is 13.1 Å². The average Bonchev–Trinajstić information content (AvgIpc) is 3.10. The van der Waals surface area contributed by atoms with Crippen molar-refractivity contribution in [2.24, 2.45) is 0 Å². The number of benzene rings is 3. The van der Waals surface area contributed by atoms with Gasteiger partial charge in [0.2, 0.25) is 5.89 Å². The van der Waals surface area contributed by atoms with Gasteiger partial charge in [-0.15, -0.1) is 0 Å². The molecule has 0 saturated heterocycles. The molecule has 4 aromatic rings. The Bertz CT molecular complexity index is 1210. The van der Waals surface area contributed by atoms with E-state index in [4.69, 9.17) is 4.42 Å². The number of hydrogen-bond acceptors (Lipinski definition) is 3. The highest BCUT2D eigenvalue weighted by atomic mass is 19.4. The van der Waals surface area contributed by atoms with Gasteiger partial charge in [-0.25, -0.2) is 4.98 Å². The van der Waals surface area contributed by atoms with Gasteiger partial charge in [0.1, 0.15) is 5.52 Å². The van der Waals surface area contributed by atoms with Crippen LogP contribution in [0.1, 0.15) is 5.56 Å². The number of halogens is 3. The molecule has 4 rings (SSSR count). The third-order valence-electron chi connectivity index (χ3n) is 4.61. The number of rotatable bonds is 2. The van der Waals surface area contributed by atoms with Crippen LogP contribution in [0.25, 0.3) is 33.3 Å². The van der Waals surface area contributed by atoms with E-state index in [1.54, 1.807) is 6.92 Å². The van der Waals surface area contributed by atoms with Gasteiger partial charge in [0, 0.05) is 18.3 Å². The number of aryl methyl sites for hydroxylation is 1. The molecule has 0 fully saturated rings. The van der Waals surface area contributed by atoms with Crippen molar-refractivity contribution in [1.82, 2.24) is 4.98 Å². The number of aromatic nitrogens is 1. The topological polar surface area (TPSA) is 46.3 Å². The molecule has 4 nitrogen and oxygen atoms in total. The first-order chi connectivity index (χ1) is 13.3. The maximum absolute atomic E-state index is 12.7. The summed E-state index contributed by atoms with van der Waals surface area (Å²) < 4.78 is 44.2. The molecular formula is C21H15F3N2O2. The first-order valence-corrected chi connectivity index (χ1v) is 8.50. The summed E-state index contributed by atoms with van der Waals surface area (Å²) in [5.41, 5.74) is 2.34. The van der Waals surface area contributed by atoms with Crippen LogP contribution in [0.2, 0.25) is 0 Å². The SMILES string of the molecule is Cc1cc(N(C)C(=O)C(F)(F)F)cc2nc(-c3cccc4ccccc34)oc12. The van der Waals surface area contributed by atoms with Gasteiger partial charge < -0.3 is 9.32 Å². The number of alkyl halides is 3. The summed E-state index contributed by atoms with van der Waals surface area (Å²) in [4.78, 5) is 16.6. The minimum atomic E-state index is -4.95. The van der Waals surface area contributed by atoms with Crippen molar-refractivity contribution < 1.29 is 22.4 Å². The van der Waals surface area contributed by atoms with Crippen LogP contribution >= 0.6 is 0 Å². The monoisotopic (exact) mass is 384 g/mol. The molecule has 0 N–H and O–H groups in total. The lowest BCUT2D eigenvalue weighted by Crippen LogP contribution is -2.38. The maximum atomic E-state index is 12.7. The Labute approximate surface area is 158 Å². The van der Waals surface area contributed by atoms with Crippen molar-refractivity contribution >= 4 is 33.5 Å². The average molecular weight is 384 g/mol. The van der Waals surface area contributed by atoms with Gasteiger partial charge in [0.05, 0.1) is 0 Å². The fourth-order valence-electron chi connectivity index (χ4n) is 3.21. The van der Waals surface area contributed by atoms with Crippen LogP contribution in [-0.2, 0) is 4.79 Å². The van der Waals surface area contributed by atoms with Gasteiger partial charge in [-0.3, -0.25) is 4.79 Å². The Hall–Kier alpha value is -3.35. The summed E-state index contributed by atoms with van der Waals surface area (Å²) in [6.07, 6.45) is -4.95. The predicted molar refractivity (Wildman–Crippen MR) is 101 cm³/mol. The van der Waals surface area contributed by atoms with E-state index >= 15 is 0 Å². The third-order valence-corrected chi connectivity index (χ3v) is 4.61. The summed E-state index contributed by atoms with van der Waals surface area (Å²) in [6, 6.07) is 16.4. The molecule has 0 spiro atoms. The second kappa shape index (κ2) is 6.37. The smallest absolute Gasteiger partial charge is 0.436 e. The zero-order chi connectivity index (χ0) is 20.1. The molecule has 0 saturated carbocycles. The molecule has 7 heteroatoms. The van der Waals surface area contributed by atoms with E-state index in [0.717, 1.165) is 23.4 Å². The summed E-state index contributed by atoms with van der Waals surface area (Å²) in [5, 5.41) is 1.98. The normalized spacial score (nSPS) is 11.9. The molecule has 0 aliphatic rings. The zero-order valence-corrected chi connectivity index (χ0v) is 15.0. The Morgan fingerprint density at radius 1 is 1.07 bits per heavy atom. The third kappa shape index (κ3) is 2.98. The molecule has 1 aromatic heterocycles. The highest BCUT2D eigenvalue weighted by Crippen LogP contribution is 2.34. The maximum Gasteiger partial charge on any atom is 0.471 e. The second-order valence-corrected chi connectivity index (χ2v) is 6.52. The molecule has 1 heterocycles. The lowest BCUT2D eigenvalue weighted by Gasteiger charge is -2.19. The number of oxazole rings is 1. The van der Waals surface area contributed by atoms with E-state index < -0.39 is 12.1 Å². The van der Waals surface area contributed by atoms with Crippen molar-refractivity contribution in [3.63, 3.8) is 0 Å². The van der Waals surface area contributed by atoms with Crippen LogP contribution in [0, 0.1) is 6.92 Å². The fraction of sp³-hybridized carbons (Fsp3) is 0.143. The van der Waals surface area contributed by atoms with Crippen LogP contribution in [0.3, 0.4) is 0 Å². The van der Waals surface area contributed by atoms with Gasteiger partial charge >= 0.3 is 12.1 Å². The van der Waals surface area contributed by atoms with Crippen molar-refractivity contribution in [2.75, 3.05) is 11.9 Å². The number of carbonyl (C=O) groups is 1. The van der Waals surface area contributed by atoms with Gasteiger partial charge in [0.25, 0.3) is 0 Å². The molecule has 0 aliphatic heterocycles. The summed E-state index contributed by atoms with van der Waals surface area (Å²) >= 11 is 0. The summed E-state index contributed by atoms with van der Waals surface area (Å²) in [5.74, 6) is -1.57. The van der Waals surface area contributed by atoms with E-state index in [2.05, 4.69) is 4.98 Å². The number of fused-ring (bicyclic) bond motifs is 2.